The summed E-state index contributed by atoms with van der Waals surface area (Å²) in [5.74, 6) is 1.77. The molecule has 0 heterocycles. The highest BCUT2D eigenvalue weighted by Crippen LogP contribution is 2.47. The maximum absolute atomic E-state index is 10.7. The Morgan fingerprint density at radius 3 is 1.67 bits per heavy atom. The molecule has 1 N–H and O–H groups in total. The molecule has 0 spiro atoms. The molecule has 1 heteroatoms. The molecule has 0 rings (SSSR count). The summed E-state index contributed by atoms with van der Waals surface area (Å²) in [5, 5.41) is 10.7. The minimum Gasteiger partial charge on any atom is -0.390 e. The lowest BCUT2D eigenvalue weighted by molar-refractivity contribution is -0.0159. The van der Waals surface area contributed by atoms with Crippen LogP contribution in [0.5, 0.6) is 0 Å². The third kappa shape index (κ3) is 6.72. The Morgan fingerprint density at radius 1 is 0.857 bits per heavy atom. The Balaban J connectivity index is 4.91. The second-order valence-corrected chi connectivity index (χ2v) is 9.53. The first-order valence-electron chi connectivity index (χ1n) is 8.98. The molecular weight excluding hydrogens is 256 g/mol. The normalized spacial score (nSPS) is 20.4. The van der Waals surface area contributed by atoms with Gasteiger partial charge in [-0.05, 0) is 54.8 Å². The van der Waals surface area contributed by atoms with E-state index in [1.54, 1.807) is 0 Å². The van der Waals surface area contributed by atoms with Crippen LogP contribution in [0.3, 0.4) is 0 Å². The van der Waals surface area contributed by atoms with Gasteiger partial charge in [-0.3, -0.25) is 0 Å². The van der Waals surface area contributed by atoms with Gasteiger partial charge in [-0.15, -0.1) is 0 Å². The van der Waals surface area contributed by atoms with Crippen LogP contribution in [0, 0.1) is 28.6 Å². The Morgan fingerprint density at radius 2 is 1.33 bits per heavy atom. The van der Waals surface area contributed by atoms with Gasteiger partial charge in [0.15, 0.2) is 0 Å². The topological polar surface area (TPSA) is 20.2 Å². The molecule has 0 bridgehead atoms. The SMILES string of the molecule is CCC(C)(CC(C)(C)C(C)CC(C)(O)CC(C)C)C(C)C. The minimum absolute atomic E-state index is 0.260. The fraction of sp³-hybridized carbons (Fsp3) is 1.00. The van der Waals surface area contributed by atoms with Gasteiger partial charge < -0.3 is 5.11 Å². The second kappa shape index (κ2) is 7.49. The molecular formula is C20H42O. The van der Waals surface area contributed by atoms with Crippen LogP contribution in [0.2, 0.25) is 0 Å². The maximum atomic E-state index is 10.7. The van der Waals surface area contributed by atoms with Crippen LogP contribution >= 0.6 is 0 Å². The Kier molecular flexibility index (Phi) is 7.47. The molecule has 0 fully saturated rings. The first-order chi connectivity index (χ1) is 9.26. The third-order valence-corrected chi connectivity index (χ3v) is 5.99. The third-order valence-electron chi connectivity index (χ3n) is 5.99. The molecule has 21 heavy (non-hydrogen) atoms. The summed E-state index contributed by atoms with van der Waals surface area (Å²) in [5.41, 5.74) is 0.114. The van der Waals surface area contributed by atoms with E-state index >= 15 is 0 Å². The molecule has 0 aliphatic carbocycles. The summed E-state index contributed by atoms with van der Waals surface area (Å²) in [4.78, 5) is 0. The highest BCUT2D eigenvalue weighted by atomic mass is 16.3. The predicted molar refractivity (Wildman–Crippen MR) is 95.5 cm³/mol. The van der Waals surface area contributed by atoms with E-state index in [0.717, 1.165) is 12.8 Å². The van der Waals surface area contributed by atoms with E-state index in [1.165, 1.54) is 12.8 Å². The van der Waals surface area contributed by atoms with Gasteiger partial charge >= 0.3 is 0 Å². The van der Waals surface area contributed by atoms with E-state index in [2.05, 4.69) is 62.3 Å². The lowest BCUT2D eigenvalue weighted by atomic mass is 9.61. The number of hydrogen-bond acceptors (Lipinski definition) is 1. The summed E-state index contributed by atoms with van der Waals surface area (Å²) in [7, 11) is 0. The predicted octanol–water partition coefficient (Wildman–Crippen LogP) is 6.30. The number of aliphatic hydroxyl groups is 1. The van der Waals surface area contributed by atoms with Crippen molar-refractivity contribution < 1.29 is 5.11 Å². The summed E-state index contributed by atoms with van der Waals surface area (Å²) >= 11 is 0. The van der Waals surface area contributed by atoms with Gasteiger partial charge in [0.1, 0.15) is 0 Å². The molecule has 0 aliphatic heterocycles. The zero-order valence-electron chi connectivity index (χ0n) is 16.5. The molecule has 3 unspecified atom stereocenters. The molecule has 0 aliphatic rings. The van der Waals surface area contributed by atoms with Crippen LogP contribution in [0.25, 0.3) is 0 Å². The van der Waals surface area contributed by atoms with Crippen molar-refractivity contribution in [2.24, 2.45) is 28.6 Å². The summed E-state index contributed by atoms with van der Waals surface area (Å²) in [6.07, 6.45) is 4.25. The zero-order valence-corrected chi connectivity index (χ0v) is 16.5. The van der Waals surface area contributed by atoms with Gasteiger partial charge in [-0.1, -0.05) is 68.7 Å². The average Bonchev–Trinajstić information content (AvgIpc) is 2.25. The summed E-state index contributed by atoms with van der Waals surface area (Å²) in [6, 6.07) is 0. The van der Waals surface area contributed by atoms with Crippen LogP contribution in [0.4, 0.5) is 0 Å². The van der Waals surface area contributed by atoms with Crippen LogP contribution in [-0.4, -0.2) is 10.7 Å². The van der Waals surface area contributed by atoms with E-state index in [1.807, 2.05) is 6.92 Å². The van der Waals surface area contributed by atoms with E-state index in [-0.39, 0.29) is 5.41 Å². The monoisotopic (exact) mass is 298 g/mol. The molecule has 0 radical (unpaired) electrons. The second-order valence-electron chi connectivity index (χ2n) is 9.53. The Bertz CT molecular complexity index is 301. The van der Waals surface area contributed by atoms with Gasteiger partial charge in [0.2, 0.25) is 0 Å². The molecule has 0 aromatic rings. The van der Waals surface area contributed by atoms with Crippen molar-refractivity contribution in [2.45, 2.75) is 101 Å². The lowest BCUT2D eigenvalue weighted by Crippen LogP contribution is -2.38. The highest BCUT2D eigenvalue weighted by molar-refractivity contribution is 4.89. The van der Waals surface area contributed by atoms with Crippen molar-refractivity contribution >= 4 is 0 Å². The fourth-order valence-electron chi connectivity index (χ4n) is 3.85. The van der Waals surface area contributed by atoms with E-state index in [9.17, 15) is 5.11 Å². The molecule has 0 saturated heterocycles. The molecule has 0 amide bonds. The molecule has 128 valence electrons. The van der Waals surface area contributed by atoms with Crippen LogP contribution in [0.15, 0.2) is 0 Å². The average molecular weight is 299 g/mol. The van der Waals surface area contributed by atoms with Crippen molar-refractivity contribution in [1.82, 2.24) is 0 Å². The van der Waals surface area contributed by atoms with Gasteiger partial charge in [0.05, 0.1) is 5.60 Å². The minimum atomic E-state index is -0.536. The van der Waals surface area contributed by atoms with Crippen molar-refractivity contribution in [2.75, 3.05) is 0 Å². The molecule has 0 aromatic heterocycles. The van der Waals surface area contributed by atoms with Crippen LogP contribution in [-0.2, 0) is 0 Å². The Hall–Kier alpha value is -0.0400. The van der Waals surface area contributed by atoms with Crippen molar-refractivity contribution in [1.29, 1.82) is 0 Å². The lowest BCUT2D eigenvalue weighted by Gasteiger charge is -2.44. The highest BCUT2D eigenvalue weighted by Gasteiger charge is 2.39. The van der Waals surface area contributed by atoms with E-state index < -0.39 is 5.60 Å². The van der Waals surface area contributed by atoms with Gasteiger partial charge in [-0.25, -0.2) is 0 Å². The van der Waals surface area contributed by atoms with Gasteiger partial charge in [0, 0.05) is 0 Å². The first kappa shape index (κ1) is 21.0. The van der Waals surface area contributed by atoms with Crippen molar-refractivity contribution in [3.05, 3.63) is 0 Å². The van der Waals surface area contributed by atoms with Gasteiger partial charge in [-0.2, -0.15) is 0 Å². The Labute approximate surface area is 134 Å². The van der Waals surface area contributed by atoms with Gasteiger partial charge in [0.25, 0.3) is 0 Å². The van der Waals surface area contributed by atoms with E-state index in [0.29, 0.717) is 23.2 Å². The summed E-state index contributed by atoms with van der Waals surface area (Å²) in [6.45, 7) is 22.9. The molecule has 0 saturated carbocycles. The van der Waals surface area contributed by atoms with Crippen LogP contribution < -0.4 is 0 Å². The maximum Gasteiger partial charge on any atom is 0.0625 e. The molecule has 1 nitrogen and oxygen atoms in total. The molecule has 3 atom stereocenters. The summed E-state index contributed by atoms with van der Waals surface area (Å²) < 4.78 is 0. The zero-order chi connectivity index (χ0) is 17.1. The van der Waals surface area contributed by atoms with E-state index in [4.69, 9.17) is 0 Å². The van der Waals surface area contributed by atoms with Crippen LogP contribution in [0.1, 0.15) is 94.9 Å². The fourth-order valence-corrected chi connectivity index (χ4v) is 3.85. The smallest absolute Gasteiger partial charge is 0.0625 e. The molecule has 0 aromatic carbocycles. The first-order valence-corrected chi connectivity index (χ1v) is 8.98. The largest absolute Gasteiger partial charge is 0.390 e. The van der Waals surface area contributed by atoms with Crippen molar-refractivity contribution in [3.8, 4) is 0 Å². The van der Waals surface area contributed by atoms with Crippen molar-refractivity contribution in [3.63, 3.8) is 0 Å². The number of hydrogen-bond donors (Lipinski definition) is 1. The standard InChI is InChI=1S/C20H42O/c1-11-19(9,16(4)5)14-18(7,8)17(6)13-20(10,21)12-15(2)3/h15-17,21H,11-14H2,1-10H3. The quantitative estimate of drug-likeness (QED) is 0.529. The number of rotatable bonds is 9.